The molecule has 0 atom stereocenters. The van der Waals surface area contributed by atoms with E-state index in [1.165, 1.54) is 16.5 Å². The first-order valence-electron chi connectivity index (χ1n) is 7.20. The normalized spacial score (nSPS) is 10.3. The van der Waals surface area contributed by atoms with Crippen LogP contribution in [-0.4, -0.2) is 17.7 Å². The number of aliphatic imine (C=N–C) groups is 1. The van der Waals surface area contributed by atoms with Crippen molar-refractivity contribution in [2.45, 2.75) is 6.42 Å². The Balaban J connectivity index is 0.000000300. The van der Waals surface area contributed by atoms with Gasteiger partial charge in [-0.15, -0.1) is 0 Å². The number of fused-ring (bicyclic) bond motifs is 1. The zero-order chi connectivity index (χ0) is 15.7. The Morgan fingerprint density at radius 3 is 2.54 bits per heavy atom. The molecule has 3 heteroatoms. The van der Waals surface area contributed by atoms with Crippen LogP contribution in [0.25, 0.3) is 10.9 Å². The number of nitrogens with zero attached hydrogens (tertiary/aromatic N) is 1. The van der Waals surface area contributed by atoms with Crippen molar-refractivity contribution in [1.29, 1.82) is 0 Å². The van der Waals surface area contributed by atoms with Gasteiger partial charge in [0, 0.05) is 40.7 Å². The van der Waals surface area contributed by atoms with Crippen LogP contribution in [0.5, 0.6) is 0 Å². The number of hydrogen-bond acceptors (Lipinski definition) is 1. The summed E-state index contributed by atoms with van der Waals surface area (Å²) in [7, 11) is 0. The summed E-state index contributed by atoms with van der Waals surface area (Å²) in [6, 6.07) is 31.5. The van der Waals surface area contributed by atoms with Gasteiger partial charge in [0.2, 0.25) is 0 Å². The van der Waals surface area contributed by atoms with E-state index >= 15 is 0 Å². The molecule has 0 fully saturated rings. The molecule has 4 rings (SSSR count). The van der Waals surface area contributed by atoms with Crippen LogP contribution in [0.4, 0.5) is 0 Å². The van der Waals surface area contributed by atoms with Crippen molar-refractivity contribution < 1.29 is 17.1 Å². The van der Waals surface area contributed by atoms with Gasteiger partial charge in [0.1, 0.15) is 0 Å². The van der Waals surface area contributed by atoms with Crippen molar-refractivity contribution >= 4 is 17.1 Å². The van der Waals surface area contributed by atoms with Gasteiger partial charge < -0.3 is 70.1 Å². The van der Waals surface area contributed by atoms with Gasteiger partial charge in [-0.1, -0.05) is 18.2 Å². The molecule has 0 aliphatic carbocycles. The molecule has 1 N–H and O–H groups in total. The molecule has 24 heavy (non-hydrogen) atoms. The summed E-state index contributed by atoms with van der Waals surface area (Å²) >= 11 is 0. The van der Waals surface area contributed by atoms with Gasteiger partial charge in [-0.25, -0.2) is 0 Å². The Bertz CT molecular complexity index is 807. The molecule has 0 radical (unpaired) electrons. The average Bonchev–Trinajstić information content (AvgIpc) is 3.35. The molecule has 0 aliphatic heterocycles. The first-order valence-corrected chi connectivity index (χ1v) is 7.20. The summed E-state index contributed by atoms with van der Waals surface area (Å²) in [4.78, 5) is 7.62. The van der Waals surface area contributed by atoms with Gasteiger partial charge in [0.25, 0.3) is 0 Å². The average molecular weight is 348 g/mol. The van der Waals surface area contributed by atoms with Crippen molar-refractivity contribution in [3.8, 4) is 0 Å². The molecule has 3 aromatic carbocycles. The minimum atomic E-state index is 0. The zero-order valence-corrected chi connectivity index (χ0v) is 13.9. The monoisotopic (exact) mass is 348 g/mol. The first kappa shape index (κ1) is 18.0. The number of para-hydroxylation sites is 1. The van der Waals surface area contributed by atoms with E-state index < -0.39 is 0 Å². The molecule has 2 nitrogen and oxygen atoms in total. The van der Waals surface area contributed by atoms with Gasteiger partial charge in [0.15, 0.2) is 0 Å². The second-order valence-electron chi connectivity index (χ2n) is 4.74. The third-order valence-electron chi connectivity index (χ3n) is 3.21. The summed E-state index contributed by atoms with van der Waals surface area (Å²) < 4.78 is 0. The minimum absolute atomic E-state index is 0. The second-order valence-corrected chi connectivity index (χ2v) is 4.74. The number of nitrogens with one attached hydrogen (secondary N) is 1. The van der Waals surface area contributed by atoms with Gasteiger partial charge >= 0.3 is 0 Å². The maximum Gasteiger partial charge on any atom is 0.0456 e. The number of aromatic nitrogens is 1. The summed E-state index contributed by atoms with van der Waals surface area (Å²) in [5.41, 5.74) is 3.30. The van der Waals surface area contributed by atoms with E-state index in [1.807, 2.05) is 6.07 Å². The number of aromatic amines is 1. The summed E-state index contributed by atoms with van der Waals surface area (Å²) in [6.07, 6.45) is 4.75. The van der Waals surface area contributed by atoms with E-state index in [2.05, 4.69) is 82.9 Å². The van der Waals surface area contributed by atoms with E-state index in [0.717, 1.165) is 18.5 Å². The Hall–Kier alpha value is -2.35. The molecule has 0 saturated carbocycles. The molecule has 0 aliphatic rings. The van der Waals surface area contributed by atoms with Gasteiger partial charge in [-0.2, -0.15) is 6.21 Å². The SMILES string of the molecule is [Fe].[c-]1[c-][c-][c-](C=NCCc2c[nH]c3ccccc23)[c-]1.[c-]1[c-][c-][cH-][c-]1. The fourth-order valence-corrected chi connectivity index (χ4v) is 2.15. The predicted octanol–water partition coefficient (Wildman–Crippen LogP) is 3.35. The molecule has 124 valence electrons. The first-order chi connectivity index (χ1) is 11.4. The summed E-state index contributed by atoms with van der Waals surface area (Å²) in [5, 5.41) is 1.28. The minimum Gasteiger partial charge on any atom is -0.999 e. The van der Waals surface area contributed by atoms with E-state index in [1.54, 1.807) is 12.3 Å². The maximum absolute atomic E-state index is 4.35. The van der Waals surface area contributed by atoms with Crippen molar-refractivity contribution in [2.24, 2.45) is 4.99 Å². The van der Waals surface area contributed by atoms with Crippen LogP contribution in [0.3, 0.4) is 0 Å². The Morgan fingerprint density at radius 1 is 1.08 bits per heavy atom. The third-order valence-corrected chi connectivity index (χ3v) is 3.21. The van der Waals surface area contributed by atoms with Crippen LogP contribution in [0.15, 0.2) is 41.5 Å². The fraction of sp³-hybridized carbons (Fsp3) is 0.0952. The smallest absolute Gasteiger partial charge is 0.0456 e. The molecule has 1 heterocycles. The third kappa shape index (κ3) is 5.09. The Morgan fingerprint density at radius 2 is 1.83 bits per heavy atom. The number of hydrogen-bond donors (Lipinski definition) is 1. The second kappa shape index (κ2) is 9.71. The van der Waals surface area contributed by atoms with Crippen LogP contribution in [0, 0.1) is 48.5 Å². The predicted molar refractivity (Wildman–Crippen MR) is 89.2 cm³/mol. The topological polar surface area (TPSA) is 28.1 Å². The standard InChI is InChI=1S/C16H11N2.C5H.Fe/c1-2-6-13(5-1)11-17-10-9-14-12-18-16-8-4-3-7-15(14)16;1-2-4-5-3-1;/h3-4,7-8,11-12,18H,9-10H2;1H;/q2*-5;. The zero-order valence-electron chi connectivity index (χ0n) is 12.8. The van der Waals surface area contributed by atoms with E-state index in [4.69, 9.17) is 0 Å². The van der Waals surface area contributed by atoms with Gasteiger partial charge in [0.05, 0.1) is 0 Å². The van der Waals surface area contributed by atoms with Crippen LogP contribution < -0.4 is 0 Å². The van der Waals surface area contributed by atoms with Crippen LogP contribution in [-0.2, 0) is 23.5 Å². The molecule has 4 aromatic rings. The van der Waals surface area contributed by atoms with Gasteiger partial charge in [-0.05, 0) is 18.1 Å². The number of benzene rings is 1. The van der Waals surface area contributed by atoms with Crippen LogP contribution in [0.2, 0.25) is 0 Å². The van der Waals surface area contributed by atoms with Crippen LogP contribution >= 0.6 is 0 Å². The Labute approximate surface area is 153 Å². The largest absolute Gasteiger partial charge is 0.999 e. The molecule has 0 unspecified atom stereocenters. The molecule has 0 saturated heterocycles. The van der Waals surface area contributed by atoms with Crippen LogP contribution in [0.1, 0.15) is 11.1 Å². The van der Waals surface area contributed by atoms with Crippen molar-refractivity contribution in [1.82, 2.24) is 4.98 Å². The summed E-state index contributed by atoms with van der Waals surface area (Å²) in [6.45, 7) is 0.759. The van der Waals surface area contributed by atoms with Crippen molar-refractivity contribution in [2.75, 3.05) is 6.54 Å². The van der Waals surface area contributed by atoms with Crippen molar-refractivity contribution in [3.63, 3.8) is 0 Å². The molecule has 0 amide bonds. The quantitative estimate of drug-likeness (QED) is 0.333. The van der Waals surface area contributed by atoms with Crippen molar-refractivity contribution in [3.05, 3.63) is 96.2 Å². The van der Waals surface area contributed by atoms with Gasteiger partial charge in [-0.3, -0.25) is 0 Å². The molecule has 0 spiro atoms. The molecular formula is C21H12FeN2-10. The van der Waals surface area contributed by atoms with E-state index in [-0.39, 0.29) is 17.1 Å². The fourth-order valence-electron chi connectivity index (χ4n) is 2.15. The summed E-state index contributed by atoms with van der Waals surface area (Å²) in [5.74, 6) is 0. The van der Waals surface area contributed by atoms with E-state index in [0.29, 0.717) is 0 Å². The maximum atomic E-state index is 4.35. The number of rotatable bonds is 4. The molecular weight excluding hydrogens is 336 g/mol. The van der Waals surface area contributed by atoms with E-state index in [9.17, 15) is 0 Å². The molecule has 1 aromatic heterocycles. The Kier molecular flexibility index (Phi) is 7.28. The number of H-pyrrole nitrogens is 1. The molecule has 0 bridgehead atoms.